The summed E-state index contributed by atoms with van der Waals surface area (Å²) in [5, 5.41) is 9.66. The molecule has 0 heterocycles. The molecule has 14 heavy (non-hydrogen) atoms. The van der Waals surface area contributed by atoms with Gasteiger partial charge in [-0.2, -0.15) is 0 Å². The quantitative estimate of drug-likeness (QED) is 0.800. The summed E-state index contributed by atoms with van der Waals surface area (Å²) >= 11 is 0. The van der Waals surface area contributed by atoms with E-state index < -0.39 is 5.60 Å². The first-order chi connectivity index (χ1) is 6.42. The number of hydrogen-bond donors (Lipinski definition) is 1. The number of methoxy groups -OCH3 is 1. The number of hydrogen-bond acceptors (Lipinski definition) is 2. The lowest BCUT2D eigenvalue weighted by Gasteiger charge is -2.17. The Morgan fingerprint density at radius 2 is 2.00 bits per heavy atom. The molecule has 0 unspecified atom stereocenters. The highest BCUT2D eigenvalue weighted by Gasteiger charge is 2.13. The standard InChI is InChI=1S/C12H18O2/c1-9-7-10(8-12(2,3)13)5-6-11(9)14-4/h5-7,13H,8H2,1-4H3. The molecule has 0 amide bonds. The summed E-state index contributed by atoms with van der Waals surface area (Å²) < 4.78 is 5.17. The van der Waals surface area contributed by atoms with Gasteiger partial charge in [0.2, 0.25) is 0 Å². The molecule has 0 saturated heterocycles. The van der Waals surface area contributed by atoms with Gasteiger partial charge in [0.15, 0.2) is 0 Å². The van der Waals surface area contributed by atoms with Crippen LogP contribution in [-0.2, 0) is 6.42 Å². The van der Waals surface area contributed by atoms with Gasteiger partial charge in [0.05, 0.1) is 12.7 Å². The molecule has 0 fully saturated rings. The summed E-state index contributed by atoms with van der Waals surface area (Å²) in [6, 6.07) is 5.98. The van der Waals surface area contributed by atoms with Crippen LogP contribution in [0.15, 0.2) is 18.2 Å². The topological polar surface area (TPSA) is 29.5 Å². The molecule has 0 aliphatic rings. The normalized spacial score (nSPS) is 11.5. The molecule has 1 aromatic rings. The van der Waals surface area contributed by atoms with Crippen molar-refractivity contribution in [3.05, 3.63) is 29.3 Å². The lowest BCUT2D eigenvalue weighted by atomic mass is 9.97. The SMILES string of the molecule is COc1ccc(CC(C)(C)O)cc1C. The average molecular weight is 194 g/mol. The highest BCUT2D eigenvalue weighted by atomic mass is 16.5. The zero-order valence-electron chi connectivity index (χ0n) is 9.29. The molecule has 1 N–H and O–H groups in total. The van der Waals surface area contributed by atoms with Crippen LogP contribution in [0, 0.1) is 6.92 Å². The van der Waals surface area contributed by atoms with E-state index in [-0.39, 0.29) is 0 Å². The second-order valence-electron chi connectivity index (χ2n) is 4.29. The third-order valence-electron chi connectivity index (χ3n) is 2.10. The highest BCUT2D eigenvalue weighted by Crippen LogP contribution is 2.21. The van der Waals surface area contributed by atoms with Crippen LogP contribution in [0.4, 0.5) is 0 Å². The Hall–Kier alpha value is -1.02. The fraction of sp³-hybridized carbons (Fsp3) is 0.500. The Bertz CT molecular complexity index is 311. The van der Waals surface area contributed by atoms with E-state index in [4.69, 9.17) is 4.74 Å². The Labute approximate surface area is 85.5 Å². The number of aliphatic hydroxyl groups is 1. The minimum atomic E-state index is -0.652. The predicted molar refractivity (Wildman–Crippen MR) is 57.7 cm³/mol. The second-order valence-corrected chi connectivity index (χ2v) is 4.29. The molecule has 0 aliphatic heterocycles. The second kappa shape index (κ2) is 4.01. The molecule has 1 rings (SSSR count). The van der Waals surface area contributed by atoms with Crippen LogP contribution in [0.25, 0.3) is 0 Å². The van der Waals surface area contributed by atoms with Gasteiger partial charge in [0.1, 0.15) is 5.75 Å². The first-order valence-electron chi connectivity index (χ1n) is 4.78. The van der Waals surface area contributed by atoms with Crippen molar-refractivity contribution in [2.75, 3.05) is 7.11 Å². The maximum Gasteiger partial charge on any atom is 0.121 e. The molecule has 78 valence electrons. The van der Waals surface area contributed by atoms with Crippen LogP contribution in [0.1, 0.15) is 25.0 Å². The molecular weight excluding hydrogens is 176 g/mol. The van der Waals surface area contributed by atoms with Crippen LogP contribution in [0.2, 0.25) is 0 Å². The third kappa shape index (κ3) is 3.04. The molecule has 0 saturated carbocycles. The van der Waals surface area contributed by atoms with Gasteiger partial charge in [-0.1, -0.05) is 12.1 Å². The van der Waals surface area contributed by atoms with Crippen molar-refractivity contribution in [3.63, 3.8) is 0 Å². The van der Waals surface area contributed by atoms with Crippen LogP contribution in [0.5, 0.6) is 5.75 Å². The van der Waals surface area contributed by atoms with E-state index >= 15 is 0 Å². The molecule has 0 bridgehead atoms. The molecule has 0 atom stereocenters. The molecule has 0 aliphatic carbocycles. The van der Waals surface area contributed by atoms with Crippen LogP contribution in [-0.4, -0.2) is 17.8 Å². The Morgan fingerprint density at radius 3 is 2.43 bits per heavy atom. The van der Waals surface area contributed by atoms with E-state index in [1.807, 2.05) is 32.9 Å². The number of aryl methyl sites for hydroxylation is 1. The van der Waals surface area contributed by atoms with E-state index in [9.17, 15) is 5.11 Å². The van der Waals surface area contributed by atoms with Gasteiger partial charge in [0, 0.05) is 6.42 Å². The summed E-state index contributed by atoms with van der Waals surface area (Å²) in [6.07, 6.45) is 0.665. The van der Waals surface area contributed by atoms with Crippen LogP contribution in [0.3, 0.4) is 0 Å². The fourth-order valence-corrected chi connectivity index (χ4v) is 1.55. The van der Waals surface area contributed by atoms with E-state index in [0.717, 1.165) is 16.9 Å². The van der Waals surface area contributed by atoms with Crippen molar-refractivity contribution in [1.29, 1.82) is 0 Å². The van der Waals surface area contributed by atoms with Gasteiger partial charge in [-0.15, -0.1) is 0 Å². The van der Waals surface area contributed by atoms with Gasteiger partial charge in [0.25, 0.3) is 0 Å². The molecule has 2 heteroatoms. The zero-order chi connectivity index (χ0) is 10.8. The largest absolute Gasteiger partial charge is 0.496 e. The smallest absolute Gasteiger partial charge is 0.121 e. The Balaban J connectivity index is 2.87. The van der Waals surface area contributed by atoms with Crippen LogP contribution >= 0.6 is 0 Å². The van der Waals surface area contributed by atoms with Crippen molar-refractivity contribution in [1.82, 2.24) is 0 Å². The molecule has 1 aromatic carbocycles. The average Bonchev–Trinajstić information content (AvgIpc) is 2.01. The molecule has 0 spiro atoms. The van der Waals surface area contributed by atoms with Crippen molar-refractivity contribution in [2.45, 2.75) is 32.8 Å². The lowest BCUT2D eigenvalue weighted by Crippen LogP contribution is -2.21. The van der Waals surface area contributed by atoms with Crippen molar-refractivity contribution >= 4 is 0 Å². The van der Waals surface area contributed by atoms with Gasteiger partial charge in [-0.3, -0.25) is 0 Å². The molecular formula is C12H18O2. The summed E-state index contributed by atoms with van der Waals surface area (Å²) in [6.45, 7) is 5.63. The van der Waals surface area contributed by atoms with Gasteiger partial charge in [-0.05, 0) is 38.0 Å². The van der Waals surface area contributed by atoms with Gasteiger partial charge < -0.3 is 9.84 Å². The predicted octanol–water partition coefficient (Wildman–Crippen LogP) is 2.32. The van der Waals surface area contributed by atoms with Crippen molar-refractivity contribution < 1.29 is 9.84 Å². The van der Waals surface area contributed by atoms with Crippen molar-refractivity contribution in [3.8, 4) is 5.75 Å². The maximum absolute atomic E-state index is 9.66. The Morgan fingerprint density at radius 1 is 1.36 bits per heavy atom. The summed E-state index contributed by atoms with van der Waals surface area (Å²) in [4.78, 5) is 0. The number of benzene rings is 1. The van der Waals surface area contributed by atoms with Crippen LogP contribution < -0.4 is 4.74 Å². The monoisotopic (exact) mass is 194 g/mol. The molecule has 2 nitrogen and oxygen atoms in total. The highest BCUT2D eigenvalue weighted by molar-refractivity contribution is 5.36. The summed E-state index contributed by atoms with van der Waals surface area (Å²) in [5.41, 5.74) is 1.59. The summed E-state index contributed by atoms with van der Waals surface area (Å²) in [7, 11) is 1.66. The zero-order valence-corrected chi connectivity index (χ0v) is 9.29. The number of rotatable bonds is 3. The Kier molecular flexibility index (Phi) is 3.17. The maximum atomic E-state index is 9.66. The van der Waals surface area contributed by atoms with Crippen molar-refractivity contribution in [2.24, 2.45) is 0 Å². The third-order valence-corrected chi connectivity index (χ3v) is 2.10. The minimum Gasteiger partial charge on any atom is -0.496 e. The molecule has 0 radical (unpaired) electrons. The van der Waals surface area contributed by atoms with Gasteiger partial charge >= 0.3 is 0 Å². The minimum absolute atomic E-state index is 0.652. The van der Waals surface area contributed by atoms with Gasteiger partial charge in [-0.25, -0.2) is 0 Å². The lowest BCUT2D eigenvalue weighted by molar-refractivity contribution is 0.0810. The first kappa shape index (κ1) is 11.1. The number of ether oxygens (including phenoxy) is 1. The van der Waals surface area contributed by atoms with E-state index in [2.05, 4.69) is 6.07 Å². The van der Waals surface area contributed by atoms with E-state index in [1.54, 1.807) is 7.11 Å². The molecule has 0 aromatic heterocycles. The fourth-order valence-electron chi connectivity index (χ4n) is 1.55. The van der Waals surface area contributed by atoms with E-state index in [1.165, 1.54) is 0 Å². The summed E-state index contributed by atoms with van der Waals surface area (Å²) in [5.74, 6) is 0.893. The first-order valence-corrected chi connectivity index (χ1v) is 4.78. The van der Waals surface area contributed by atoms with E-state index in [0.29, 0.717) is 6.42 Å².